The SMILES string of the molecule is I.NC(N)=NCC1(c2cccc(Br)c2)CC1. The largest absolute Gasteiger partial charge is 0.370 e. The van der Waals surface area contributed by atoms with Crippen molar-refractivity contribution in [2.24, 2.45) is 16.5 Å². The van der Waals surface area contributed by atoms with Gasteiger partial charge in [0.25, 0.3) is 0 Å². The van der Waals surface area contributed by atoms with Crippen molar-refractivity contribution in [1.29, 1.82) is 0 Å². The number of benzene rings is 1. The van der Waals surface area contributed by atoms with Crippen molar-refractivity contribution in [3.8, 4) is 0 Å². The first kappa shape index (κ1) is 13.8. The molecule has 0 radical (unpaired) electrons. The number of rotatable bonds is 3. The summed E-state index contributed by atoms with van der Waals surface area (Å²) in [7, 11) is 0. The average Bonchev–Trinajstić information content (AvgIpc) is 2.96. The minimum atomic E-state index is 0. The second kappa shape index (κ2) is 5.35. The third-order valence-corrected chi connectivity index (χ3v) is 3.35. The highest BCUT2D eigenvalue weighted by Crippen LogP contribution is 2.48. The quantitative estimate of drug-likeness (QED) is 0.468. The van der Waals surface area contributed by atoms with Gasteiger partial charge in [0.15, 0.2) is 5.96 Å². The van der Waals surface area contributed by atoms with Gasteiger partial charge in [0.1, 0.15) is 0 Å². The molecule has 3 nitrogen and oxygen atoms in total. The number of aliphatic imine (C=N–C) groups is 1. The smallest absolute Gasteiger partial charge is 0.185 e. The molecule has 1 aliphatic carbocycles. The molecule has 0 amide bonds. The lowest BCUT2D eigenvalue weighted by atomic mass is 9.96. The molecule has 0 aromatic heterocycles. The molecule has 0 heterocycles. The summed E-state index contributed by atoms with van der Waals surface area (Å²) in [5, 5.41) is 0. The second-order valence-electron chi connectivity index (χ2n) is 4.03. The molecule has 0 spiro atoms. The minimum absolute atomic E-state index is 0. The zero-order chi connectivity index (χ0) is 10.9. The van der Waals surface area contributed by atoms with Crippen molar-refractivity contribution in [2.45, 2.75) is 18.3 Å². The molecule has 1 aromatic rings. The summed E-state index contributed by atoms with van der Waals surface area (Å²) in [6.45, 7) is 0.700. The summed E-state index contributed by atoms with van der Waals surface area (Å²) in [6.07, 6.45) is 2.33. The van der Waals surface area contributed by atoms with Crippen molar-refractivity contribution in [2.75, 3.05) is 6.54 Å². The van der Waals surface area contributed by atoms with Crippen LogP contribution in [-0.4, -0.2) is 12.5 Å². The first-order chi connectivity index (χ1) is 7.12. The van der Waals surface area contributed by atoms with E-state index in [0.717, 1.165) is 4.47 Å². The molecule has 0 saturated heterocycles. The topological polar surface area (TPSA) is 64.4 Å². The van der Waals surface area contributed by atoms with E-state index >= 15 is 0 Å². The number of nitrogens with zero attached hydrogens (tertiary/aromatic N) is 1. The van der Waals surface area contributed by atoms with Crippen LogP contribution in [0.25, 0.3) is 0 Å². The highest BCUT2D eigenvalue weighted by molar-refractivity contribution is 14.0. The molecule has 5 heteroatoms. The molecular formula is C11H15BrIN3. The molecule has 0 aliphatic heterocycles. The summed E-state index contributed by atoms with van der Waals surface area (Å²) in [5.74, 6) is 0.177. The summed E-state index contributed by atoms with van der Waals surface area (Å²) in [6, 6.07) is 8.37. The van der Waals surface area contributed by atoms with Crippen LogP contribution in [0.4, 0.5) is 0 Å². The van der Waals surface area contributed by atoms with E-state index in [-0.39, 0.29) is 35.4 Å². The van der Waals surface area contributed by atoms with E-state index in [1.54, 1.807) is 0 Å². The van der Waals surface area contributed by atoms with Crippen LogP contribution in [0.1, 0.15) is 18.4 Å². The van der Waals surface area contributed by atoms with Crippen LogP contribution < -0.4 is 11.5 Å². The maximum Gasteiger partial charge on any atom is 0.185 e. The van der Waals surface area contributed by atoms with Gasteiger partial charge in [-0.3, -0.25) is 4.99 Å². The molecule has 1 aromatic carbocycles. The molecular weight excluding hydrogens is 381 g/mol. The van der Waals surface area contributed by atoms with Crippen molar-refractivity contribution in [3.63, 3.8) is 0 Å². The summed E-state index contributed by atoms with van der Waals surface area (Å²) >= 11 is 3.48. The van der Waals surface area contributed by atoms with Gasteiger partial charge in [-0.15, -0.1) is 24.0 Å². The van der Waals surface area contributed by atoms with E-state index in [9.17, 15) is 0 Å². The number of guanidine groups is 1. The maximum atomic E-state index is 5.35. The lowest BCUT2D eigenvalue weighted by Gasteiger charge is -2.13. The average molecular weight is 396 g/mol. The molecule has 4 N–H and O–H groups in total. The van der Waals surface area contributed by atoms with Crippen LogP contribution in [0.2, 0.25) is 0 Å². The molecule has 0 atom stereocenters. The van der Waals surface area contributed by atoms with Crippen LogP contribution in [-0.2, 0) is 5.41 Å². The van der Waals surface area contributed by atoms with Gasteiger partial charge in [-0.2, -0.15) is 0 Å². The Balaban J connectivity index is 0.00000128. The fourth-order valence-corrected chi connectivity index (χ4v) is 2.15. The van der Waals surface area contributed by atoms with Gasteiger partial charge in [0.2, 0.25) is 0 Å². The van der Waals surface area contributed by atoms with Crippen molar-refractivity contribution in [1.82, 2.24) is 0 Å². The van der Waals surface area contributed by atoms with Gasteiger partial charge in [0, 0.05) is 9.89 Å². The van der Waals surface area contributed by atoms with E-state index in [0.29, 0.717) is 6.54 Å². The third kappa shape index (κ3) is 3.10. The van der Waals surface area contributed by atoms with Crippen LogP contribution in [0.3, 0.4) is 0 Å². The van der Waals surface area contributed by atoms with Crippen molar-refractivity contribution < 1.29 is 0 Å². The fourth-order valence-electron chi connectivity index (χ4n) is 1.75. The highest BCUT2D eigenvalue weighted by atomic mass is 127. The molecule has 0 bridgehead atoms. The monoisotopic (exact) mass is 395 g/mol. The number of hydrogen-bond donors (Lipinski definition) is 2. The summed E-state index contributed by atoms with van der Waals surface area (Å²) < 4.78 is 1.11. The van der Waals surface area contributed by atoms with Gasteiger partial charge in [-0.05, 0) is 30.5 Å². The Hall–Kier alpha value is -0.300. The van der Waals surface area contributed by atoms with Gasteiger partial charge < -0.3 is 11.5 Å². The molecule has 16 heavy (non-hydrogen) atoms. The standard InChI is InChI=1S/C11H14BrN3.HI/c12-9-3-1-2-8(6-9)11(4-5-11)7-15-10(13)14;/h1-3,6H,4-5,7H2,(H4,13,14,15);1H. The zero-order valence-electron chi connectivity index (χ0n) is 8.82. The van der Waals surface area contributed by atoms with E-state index in [1.165, 1.54) is 18.4 Å². The van der Waals surface area contributed by atoms with Gasteiger partial charge in [0.05, 0.1) is 6.54 Å². The van der Waals surface area contributed by atoms with E-state index < -0.39 is 0 Å². The first-order valence-corrected chi connectivity index (χ1v) is 5.73. The first-order valence-electron chi connectivity index (χ1n) is 4.94. The Morgan fingerprint density at radius 3 is 2.56 bits per heavy atom. The van der Waals surface area contributed by atoms with E-state index in [2.05, 4.69) is 39.1 Å². The Kier molecular flexibility index (Phi) is 4.61. The Labute approximate surface area is 121 Å². The predicted molar refractivity (Wildman–Crippen MR) is 81.1 cm³/mol. The molecule has 0 unspecified atom stereocenters. The van der Waals surface area contributed by atoms with Gasteiger partial charge >= 0.3 is 0 Å². The Morgan fingerprint density at radius 2 is 2.06 bits per heavy atom. The number of hydrogen-bond acceptors (Lipinski definition) is 1. The molecule has 1 aliphatic rings. The van der Waals surface area contributed by atoms with E-state index in [1.807, 2.05) is 6.07 Å². The van der Waals surface area contributed by atoms with Crippen LogP contribution >= 0.6 is 39.9 Å². The van der Waals surface area contributed by atoms with Crippen molar-refractivity contribution in [3.05, 3.63) is 34.3 Å². The minimum Gasteiger partial charge on any atom is -0.370 e. The predicted octanol–water partition coefficient (Wildman–Crippen LogP) is 2.37. The maximum absolute atomic E-state index is 5.35. The Bertz CT molecular complexity index is 398. The molecule has 1 fully saturated rings. The van der Waals surface area contributed by atoms with Crippen LogP contribution in [0.5, 0.6) is 0 Å². The van der Waals surface area contributed by atoms with Crippen LogP contribution in [0.15, 0.2) is 33.7 Å². The fraction of sp³-hybridized carbons (Fsp3) is 0.364. The number of nitrogens with two attached hydrogens (primary N) is 2. The molecule has 88 valence electrons. The van der Waals surface area contributed by atoms with Gasteiger partial charge in [-0.25, -0.2) is 0 Å². The second-order valence-corrected chi connectivity index (χ2v) is 4.95. The lowest BCUT2D eigenvalue weighted by molar-refractivity contribution is 0.704. The third-order valence-electron chi connectivity index (χ3n) is 2.85. The lowest BCUT2D eigenvalue weighted by Crippen LogP contribution is -2.25. The molecule has 1 saturated carbocycles. The summed E-state index contributed by atoms with van der Waals surface area (Å²) in [4.78, 5) is 4.12. The van der Waals surface area contributed by atoms with Gasteiger partial charge in [-0.1, -0.05) is 28.1 Å². The Morgan fingerprint density at radius 1 is 1.38 bits per heavy atom. The van der Waals surface area contributed by atoms with Crippen molar-refractivity contribution >= 4 is 45.9 Å². The zero-order valence-corrected chi connectivity index (χ0v) is 12.7. The van der Waals surface area contributed by atoms with Crippen LogP contribution in [0, 0.1) is 0 Å². The van der Waals surface area contributed by atoms with E-state index in [4.69, 9.17) is 11.5 Å². The normalized spacial score (nSPS) is 16.1. The molecule has 2 rings (SSSR count). The highest BCUT2D eigenvalue weighted by Gasteiger charge is 2.44. The number of halogens is 2. The summed E-state index contributed by atoms with van der Waals surface area (Å²) in [5.41, 5.74) is 12.2.